The minimum Gasteiger partial charge on any atom is -0.380 e. The zero-order valence-electron chi connectivity index (χ0n) is 11.8. The summed E-state index contributed by atoms with van der Waals surface area (Å²) in [5.74, 6) is 0.985. The van der Waals surface area contributed by atoms with E-state index < -0.39 is 0 Å². The Balaban J connectivity index is 0.00000180. The number of piperidine rings is 1. The van der Waals surface area contributed by atoms with Gasteiger partial charge in [0.2, 0.25) is 5.91 Å². The highest BCUT2D eigenvalue weighted by Gasteiger charge is 2.35. The van der Waals surface area contributed by atoms with Gasteiger partial charge in [0, 0.05) is 26.2 Å². The molecule has 0 aromatic heterocycles. The van der Waals surface area contributed by atoms with Crippen LogP contribution in [0.4, 0.5) is 0 Å². The van der Waals surface area contributed by atoms with Crippen LogP contribution in [0.5, 0.6) is 0 Å². The first-order chi connectivity index (χ1) is 8.76. The number of hydrogen-bond acceptors (Lipinski definition) is 3. The minimum atomic E-state index is -0.124. The summed E-state index contributed by atoms with van der Waals surface area (Å²) in [6, 6.07) is 0.496. The molecule has 3 atom stereocenters. The van der Waals surface area contributed by atoms with Crippen molar-refractivity contribution in [1.82, 2.24) is 4.90 Å². The van der Waals surface area contributed by atoms with Gasteiger partial charge in [-0.1, -0.05) is 12.8 Å². The third-order valence-corrected chi connectivity index (χ3v) is 4.56. The summed E-state index contributed by atoms with van der Waals surface area (Å²) in [6.45, 7) is 1.35. The number of nitrogens with zero attached hydrogens (tertiary/aromatic N) is 1. The molecule has 0 aromatic carbocycles. The van der Waals surface area contributed by atoms with Gasteiger partial charge in [-0.05, 0) is 31.6 Å². The number of hydrogen-bond donors (Lipinski definition) is 1. The molecule has 2 aliphatic rings. The summed E-state index contributed by atoms with van der Waals surface area (Å²) in [5, 5.41) is 0. The van der Waals surface area contributed by atoms with Crippen LogP contribution in [0.3, 0.4) is 0 Å². The van der Waals surface area contributed by atoms with Crippen molar-refractivity contribution < 1.29 is 9.53 Å². The molecule has 2 N–H and O–H groups in total. The van der Waals surface area contributed by atoms with Crippen LogP contribution in [0, 0.1) is 5.92 Å². The highest BCUT2D eigenvalue weighted by atomic mass is 35.5. The van der Waals surface area contributed by atoms with E-state index in [-0.39, 0.29) is 24.4 Å². The van der Waals surface area contributed by atoms with Gasteiger partial charge in [0.1, 0.15) is 0 Å². The summed E-state index contributed by atoms with van der Waals surface area (Å²) in [6.07, 6.45) is 7.89. The van der Waals surface area contributed by atoms with Crippen LogP contribution in [-0.2, 0) is 9.53 Å². The first kappa shape index (κ1) is 16.7. The Kier molecular flexibility index (Phi) is 7.11. The quantitative estimate of drug-likeness (QED) is 0.861. The molecule has 1 aliphatic carbocycles. The normalized spacial score (nSPS) is 28.2. The standard InChI is InChI=1S/C14H26N2O2.ClH/c1-18-12(10-15)9-14(17)16-8-4-6-11-5-2-3-7-13(11)16;/h11-13H,2-10,15H2,1H3;1H. The molecule has 0 aromatic rings. The molecule has 3 unspecified atom stereocenters. The second-order valence-electron chi connectivity index (χ2n) is 5.64. The van der Waals surface area contributed by atoms with E-state index in [1.54, 1.807) is 7.11 Å². The van der Waals surface area contributed by atoms with Gasteiger partial charge in [0.05, 0.1) is 12.5 Å². The van der Waals surface area contributed by atoms with E-state index in [1.165, 1.54) is 32.1 Å². The van der Waals surface area contributed by atoms with Crippen LogP contribution in [0.15, 0.2) is 0 Å². The molecular formula is C14H27ClN2O2. The largest absolute Gasteiger partial charge is 0.380 e. The van der Waals surface area contributed by atoms with Crippen LogP contribution < -0.4 is 5.73 Å². The number of rotatable bonds is 4. The molecule has 5 heteroatoms. The molecule has 2 fully saturated rings. The van der Waals surface area contributed by atoms with Crippen molar-refractivity contribution in [2.75, 3.05) is 20.2 Å². The van der Waals surface area contributed by atoms with Gasteiger partial charge >= 0.3 is 0 Å². The fourth-order valence-electron chi connectivity index (χ4n) is 3.51. The number of nitrogens with two attached hydrogens (primary N) is 1. The number of likely N-dealkylation sites (tertiary alicyclic amines) is 1. The topological polar surface area (TPSA) is 55.6 Å². The number of halogens is 1. The molecule has 0 spiro atoms. The SMILES string of the molecule is COC(CN)CC(=O)N1CCCC2CCCCC21.Cl. The van der Waals surface area contributed by atoms with Gasteiger partial charge in [-0.3, -0.25) is 4.79 Å². The molecule has 2 rings (SSSR count). The summed E-state index contributed by atoms with van der Waals surface area (Å²) < 4.78 is 5.22. The van der Waals surface area contributed by atoms with Crippen LogP contribution in [0.1, 0.15) is 44.9 Å². The Hall–Kier alpha value is -0.320. The lowest BCUT2D eigenvalue weighted by atomic mass is 9.78. The number of methoxy groups -OCH3 is 1. The van der Waals surface area contributed by atoms with Crippen molar-refractivity contribution in [1.29, 1.82) is 0 Å². The summed E-state index contributed by atoms with van der Waals surface area (Å²) >= 11 is 0. The van der Waals surface area contributed by atoms with Crippen molar-refractivity contribution in [3.63, 3.8) is 0 Å². The van der Waals surface area contributed by atoms with Crippen molar-refractivity contribution >= 4 is 18.3 Å². The Morgan fingerprint density at radius 2 is 2.00 bits per heavy atom. The van der Waals surface area contributed by atoms with Gasteiger partial charge < -0.3 is 15.4 Å². The maximum absolute atomic E-state index is 12.4. The highest BCUT2D eigenvalue weighted by molar-refractivity contribution is 5.85. The lowest BCUT2D eigenvalue weighted by Gasteiger charge is -2.44. The van der Waals surface area contributed by atoms with Crippen molar-refractivity contribution in [2.45, 2.75) is 57.1 Å². The maximum Gasteiger partial charge on any atom is 0.225 e. The van der Waals surface area contributed by atoms with E-state index in [2.05, 4.69) is 4.90 Å². The first-order valence-electron chi connectivity index (χ1n) is 7.28. The Bertz CT molecular complexity index is 283. The first-order valence-corrected chi connectivity index (χ1v) is 7.28. The Morgan fingerprint density at radius 1 is 1.32 bits per heavy atom. The van der Waals surface area contributed by atoms with E-state index in [9.17, 15) is 4.79 Å². The van der Waals surface area contributed by atoms with Gasteiger partial charge in [-0.15, -0.1) is 12.4 Å². The fourth-order valence-corrected chi connectivity index (χ4v) is 3.51. The molecule has 112 valence electrons. The number of ether oxygens (including phenoxy) is 1. The van der Waals surface area contributed by atoms with Crippen LogP contribution in [0.25, 0.3) is 0 Å². The van der Waals surface area contributed by atoms with Crippen LogP contribution in [0.2, 0.25) is 0 Å². The van der Waals surface area contributed by atoms with E-state index >= 15 is 0 Å². The molecule has 0 radical (unpaired) electrons. The van der Waals surface area contributed by atoms with Crippen LogP contribution in [-0.4, -0.2) is 43.2 Å². The molecule has 4 nitrogen and oxygen atoms in total. The molecule has 1 aliphatic heterocycles. The smallest absolute Gasteiger partial charge is 0.225 e. The van der Waals surface area contributed by atoms with Gasteiger partial charge in [0.25, 0.3) is 0 Å². The molecule has 1 amide bonds. The molecule has 1 saturated heterocycles. The Morgan fingerprint density at radius 3 is 2.68 bits per heavy atom. The molecular weight excluding hydrogens is 264 g/mol. The predicted molar refractivity (Wildman–Crippen MR) is 78.4 cm³/mol. The lowest BCUT2D eigenvalue weighted by Crippen LogP contribution is -2.50. The second kappa shape index (κ2) is 8.08. The summed E-state index contributed by atoms with van der Waals surface area (Å²) in [4.78, 5) is 14.5. The van der Waals surface area contributed by atoms with Gasteiger partial charge in [-0.25, -0.2) is 0 Å². The van der Waals surface area contributed by atoms with Crippen molar-refractivity contribution in [3.05, 3.63) is 0 Å². The number of carbonyl (C=O) groups excluding carboxylic acids is 1. The minimum absolute atomic E-state index is 0. The third-order valence-electron chi connectivity index (χ3n) is 4.56. The van der Waals surface area contributed by atoms with E-state index in [0.29, 0.717) is 19.0 Å². The average molecular weight is 291 g/mol. The monoisotopic (exact) mass is 290 g/mol. The summed E-state index contributed by atoms with van der Waals surface area (Å²) in [5.41, 5.74) is 5.60. The van der Waals surface area contributed by atoms with Gasteiger partial charge in [-0.2, -0.15) is 0 Å². The zero-order valence-corrected chi connectivity index (χ0v) is 12.7. The third kappa shape index (κ3) is 4.07. The van der Waals surface area contributed by atoms with E-state index in [4.69, 9.17) is 10.5 Å². The van der Waals surface area contributed by atoms with Crippen molar-refractivity contribution in [3.8, 4) is 0 Å². The molecule has 19 heavy (non-hydrogen) atoms. The van der Waals surface area contributed by atoms with E-state index in [1.807, 2.05) is 0 Å². The zero-order chi connectivity index (χ0) is 13.0. The predicted octanol–water partition coefficient (Wildman–Crippen LogP) is 1.95. The molecule has 1 heterocycles. The van der Waals surface area contributed by atoms with Crippen LogP contribution >= 0.6 is 12.4 Å². The maximum atomic E-state index is 12.4. The molecule has 0 bridgehead atoms. The lowest BCUT2D eigenvalue weighted by molar-refractivity contribution is -0.140. The average Bonchev–Trinajstić information content (AvgIpc) is 2.43. The highest BCUT2D eigenvalue weighted by Crippen LogP contribution is 2.35. The fraction of sp³-hybridized carbons (Fsp3) is 0.929. The van der Waals surface area contributed by atoms with Crippen molar-refractivity contribution in [2.24, 2.45) is 11.7 Å². The molecule has 1 saturated carbocycles. The second-order valence-corrected chi connectivity index (χ2v) is 5.64. The number of fused-ring (bicyclic) bond motifs is 1. The number of carbonyl (C=O) groups is 1. The summed E-state index contributed by atoms with van der Waals surface area (Å²) in [7, 11) is 1.63. The number of amides is 1. The van der Waals surface area contributed by atoms with Gasteiger partial charge in [0.15, 0.2) is 0 Å². The Labute approximate surface area is 122 Å². The van der Waals surface area contributed by atoms with E-state index in [0.717, 1.165) is 18.9 Å².